The SMILES string of the molecule is COC(=O)/C=C1/S/C(=N\N=Cc2cc(C(F)(F)F)ccc2F)NC1=O. The number of rotatable bonds is 3. The van der Waals surface area contributed by atoms with Gasteiger partial charge in [-0.3, -0.25) is 10.1 Å². The number of hydrogen-bond donors (Lipinski definition) is 1. The molecule has 1 amide bonds. The van der Waals surface area contributed by atoms with E-state index in [4.69, 9.17) is 0 Å². The molecule has 0 atom stereocenters. The van der Waals surface area contributed by atoms with Gasteiger partial charge in [0.2, 0.25) is 0 Å². The van der Waals surface area contributed by atoms with Crippen molar-refractivity contribution in [2.24, 2.45) is 10.2 Å². The standard InChI is InChI=1S/C14H9F4N3O3S/c1-24-11(22)5-10-12(23)20-13(25-10)21-19-6-7-4-8(14(16,17)18)2-3-9(7)15/h2-6H,1H3,(H,20,21,23)/b10-5+,19-6?. The van der Waals surface area contributed by atoms with Crippen molar-refractivity contribution in [1.29, 1.82) is 0 Å². The Morgan fingerprint density at radius 2 is 2.08 bits per heavy atom. The summed E-state index contributed by atoms with van der Waals surface area (Å²) in [5.41, 5.74) is -1.45. The number of ether oxygens (including phenoxy) is 1. The Labute approximate surface area is 142 Å². The lowest BCUT2D eigenvalue weighted by atomic mass is 10.1. The first-order valence-corrected chi connectivity index (χ1v) is 7.29. The molecule has 0 aromatic heterocycles. The van der Waals surface area contributed by atoms with E-state index in [0.29, 0.717) is 18.2 Å². The van der Waals surface area contributed by atoms with Crippen molar-refractivity contribution in [3.8, 4) is 0 Å². The number of amidine groups is 1. The second-order valence-electron chi connectivity index (χ2n) is 4.47. The lowest BCUT2D eigenvalue weighted by Gasteiger charge is -2.07. The molecule has 0 unspecified atom stereocenters. The Morgan fingerprint density at radius 1 is 1.36 bits per heavy atom. The van der Waals surface area contributed by atoms with Crippen LogP contribution in [0.3, 0.4) is 0 Å². The highest BCUT2D eigenvalue weighted by Gasteiger charge is 2.31. The molecule has 1 aliphatic rings. The molecule has 1 aliphatic heterocycles. The lowest BCUT2D eigenvalue weighted by molar-refractivity contribution is -0.137. The molecule has 25 heavy (non-hydrogen) atoms. The third kappa shape index (κ3) is 4.89. The zero-order valence-corrected chi connectivity index (χ0v) is 13.2. The van der Waals surface area contributed by atoms with Crippen LogP contribution in [0.15, 0.2) is 39.4 Å². The molecule has 6 nitrogen and oxygen atoms in total. The number of nitrogens with zero attached hydrogens (tertiary/aromatic N) is 2. The molecule has 0 aliphatic carbocycles. The zero-order chi connectivity index (χ0) is 18.6. The summed E-state index contributed by atoms with van der Waals surface area (Å²) < 4.78 is 55.7. The van der Waals surface area contributed by atoms with E-state index in [1.165, 1.54) is 0 Å². The van der Waals surface area contributed by atoms with Gasteiger partial charge in [-0.25, -0.2) is 9.18 Å². The van der Waals surface area contributed by atoms with E-state index in [-0.39, 0.29) is 10.1 Å². The Balaban J connectivity index is 2.16. The molecule has 0 radical (unpaired) electrons. The summed E-state index contributed by atoms with van der Waals surface area (Å²) in [5, 5.41) is 9.27. The van der Waals surface area contributed by atoms with E-state index < -0.39 is 35.0 Å². The minimum atomic E-state index is -4.62. The van der Waals surface area contributed by atoms with Crippen molar-refractivity contribution in [2.45, 2.75) is 6.18 Å². The number of carbonyl (C=O) groups excluding carboxylic acids is 2. The van der Waals surface area contributed by atoms with Crippen LogP contribution in [-0.2, 0) is 20.5 Å². The normalized spacial score (nSPS) is 18.2. The van der Waals surface area contributed by atoms with Crippen LogP contribution in [0.4, 0.5) is 17.6 Å². The third-order valence-electron chi connectivity index (χ3n) is 2.77. The molecule has 1 N–H and O–H groups in total. The van der Waals surface area contributed by atoms with Crippen molar-refractivity contribution in [1.82, 2.24) is 5.32 Å². The lowest BCUT2D eigenvalue weighted by Crippen LogP contribution is -2.19. The fraction of sp³-hybridized carbons (Fsp3) is 0.143. The number of hydrogen-bond acceptors (Lipinski definition) is 6. The van der Waals surface area contributed by atoms with Gasteiger partial charge in [0.15, 0.2) is 5.17 Å². The van der Waals surface area contributed by atoms with Crippen molar-refractivity contribution < 1.29 is 31.9 Å². The fourth-order valence-electron chi connectivity index (χ4n) is 1.60. The zero-order valence-electron chi connectivity index (χ0n) is 12.4. The van der Waals surface area contributed by atoms with Crippen molar-refractivity contribution in [2.75, 3.05) is 7.11 Å². The summed E-state index contributed by atoms with van der Waals surface area (Å²) in [4.78, 5) is 22.6. The minimum Gasteiger partial charge on any atom is -0.466 e. The molecule has 2 rings (SSSR count). The number of nitrogens with one attached hydrogen (secondary N) is 1. The predicted octanol–water partition coefficient (Wildman–Crippen LogP) is 2.45. The first kappa shape index (κ1) is 18.6. The summed E-state index contributed by atoms with van der Waals surface area (Å²) in [6.45, 7) is 0. The molecule has 1 heterocycles. The van der Waals surface area contributed by atoms with E-state index >= 15 is 0 Å². The van der Waals surface area contributed by atoms with Crippen LogP contribution in [0, 0.1) is 5.82 Å². The van der Waals surface area contributed by atoms with Crippen LogP contribution in [-0.4, -0.2) is 30.4 Å². The monoisotopic (exact) mass is 375 g/mol. The average Bonchev–Trinajstić information content (AvgIpc) is 2.87. The molecular weight excluding hydrogens is 366 g/mol. The summed E-state index contributed by atoms with van der Waals surface area (Å²) in [5.74, 6) is -2.27. The molecule has 0 spiro atoms. The highest BCUT2D eigenvalue weighted by Crippen LogP contribution is 2.30. The Morgan fingerprint density at radius 3 is 2.72 bits per heavy atom. The van der Waals surface area contributed by atoms with E-state index in [0.717, 1.165) is 31.2 Å². The van der Waals surface area contributed by atoms with Crippen LogP contribution in [0.5, 0.6) is 0 Å². The second kappa shape index (κ2) is 7.47. The fourth-order valence-corrected chi connectivity index (χ4v) is 2.34. The number of esters is 1. The number of halogens is 4. The van der Waals surface area contributed by atoms with Gasteiger partial charge in [0.05, 0.1) is 23.8 Å². The van der Waals surface area contributed by atoms with Crippen LogP contribution in [0.25, 0.3) is 0 Å². The topological polar surface area (TPSA) is 80.1 Å². The van der Waals surface area contributed by atoms with Crippen molar-refractivity contribution in [3.63, 3.8) is 0 Å². The molecule has 0 saturated carbocycles. The van der Waals surface area contributed by atoms with Gasteiger partial charge in [-0.05, 0) is 30.0 Å². The highest BCUT2D eigenvalue weighted by molar-refractivity contribution is 8.18. The van der Waals surface area contributed by atoms with Crippen molar-refractivity contribution in [3.05, 3.63) is 46.1 Å². The van der Waals surface area contributed by atoms with Gasteiger partial charge < -0.3 is 4.74 Å². The molecule has 1 saturated heterocycles. The number of carbonyl (C=O) groups is 2. The number of amides is 1. The van der Waals surface area contributed by atoms with Gasteiger partial charge >= 0.3 is 12.1 Å². The smallest absolute Gasteiger partial charge is 0.416 e. The van der Waals surface area contributed by atoms with E-state index in [1.807, 2.05) is 0 Å². The Bertz CT molecular complexity index is 803. The maximum absolute atomic E-state index is 13.5. The van der Waals surface area contributed by atoms with Gasteiger partial charge in [-0.1, -0.05) is 0 Å². The summed E-state index contributed by atoms with van der Waals surface area (Å²) in [6, 6.07) is 1.86. The van der Waals surface area contributed by atoms with Gasteiger partial charge in [0, 0.05) is 11.6 Å². The second-order valence-corrected chi connectivity index (χ2v) is 5.50. The van der Waals surface area contributed by atoms with Crippen molar-refractivity contribution >= 4 is 35.0 Å². The molecular formula is C14H9F4N3O3S. The highest BCUT2D eigenvalue weighted by atomic mass is 32.2. The van der Waals surface area contributed by atoms with E-state index in [2.05, 4.69) is 20.3 Å². The maximum atomic E-state index is 13.5. The van der Waals surface area contributed by atoms with Crippen LogP contribution in [0.1, 0.15) is 11.1 Å². The first-order chi connectivity index (χ1) is 11.7. The summed E-state index contributed by atoms with van der Waals surface area (Å²) >= 11 is 0.771. The number of benzene rings is 1. The molecule has 1 aromatic carbocycles. The van der Waals surface area contributed by atoms with Crippen LogP contribution >= 0.6 is 11.8 Å². The number of thioether (sulfide) groups is 1. The Kier molecular flexibility index (Phi) is 5.57. The molecule has 0 bridgehead atoms. The number of alkyl halides is 3. The van der Waals surface area contributed by atoms with Gasteiger partial charge in [0.25, 0.3) is 5.91 Å². The Hall–Kier alpha value is -2.69. The van der Waals surface area contributed by atoms with Gasteiger partial charge in [-0.15, -0.1) is 5.10 Å². The minimum absolute atomic E-state index is 0.00560. The quantitative estimate of drug-likeness (QED) is 0.289. The van der Waals surface area contributed by atoms with Gasteiger partial charge in [0.1, 0.15) is 5.82 Å². The van der Waals surface area contributed by atoms with Crippen LogP contribution in [0.2, 0.25) is 0 Å². The van der Waals surface area contributed by atoms with E-state index in [9.17, 15) is 27.2 Å². The number of methoxy groups -OCH3 is 1. The molecule has 1 aromatic rings. The molecule has 1 fully saturated rings. The average molecular weight is 375 g/mol. The third-order valence-corrected chi connectivity index (χ3v) is 3.67. The maximum Gasteiger partial charge on any atom is 0.416 e. The first-order valence-electron chi connectivity index (χ1n) is 6.47. The molecule has 11 heteroatoms. The van der Waals surface area contributed by atoms with Gasteiger partial charge in [-0.2, -0.15) is 18.3 Å². The largest absolute Gasteiger partial charge is 0.466 e. The van der Waals surface area contributed by atoms with Crippen LogP contribution < -0.4 is 5.32 Å². The molecule has 132 valence electrons. The predicted molar refractivity (Wildman–Crippen MR) is 82.3 cm³/mol. The van der Waals surface area contributed by atoms with E-state index in [1.54, 1.807) is 0 Å². The summed E-state index contributed by atoms with van der Waals surface area (Å²) in [6.07, 6.45) is -2.89. The summed E-state index contributed by atoms with van der Waals surface area (Å²) in [7, 11) is 1.14.